The van der Waals surface area contributed by atoms with Crippen molar-refractivity contribution < 1.29 is 9.47 Å². The maximum Gasteiger partial charge on any atom is 0.214 e. The molecule has 0 saturated carbocycles. The SMILES string of the molecule is COc1cccc(N2CC(C)OC(CCl)C2)n1. The third kappa shape index (κ3) is 3.01. The largest absolute Gasteiger partial charge is 0.481 e. The first-order chi connectivity index (χ1) is 8.22. The number of ether oxygens (including phenoxy) is 2. The minimum atomic E-state index is 0.0633. The van der Waals surface area contributed by atoms with E-state index in [2.05, 4.69) is 9.88 Å². The van der Waals surface area contributed by atoms with Crippen LogP contribution in [0.15, 0.2) is 18.2 Å². The third-order valence-electron chi connectivity index (χ3n) is 2.74. The molecule has 1 aromatic rings. The number of morpholine rings is 1. The number of methoxy groups -OCH3 is 1. The van der Waals surface area contributed by atoms with Crippen molar-refractivity contribution in [3.05, 3.63) is 18.2 Å². The number of anilines is 1. The van der Waals surface area contributed by atoms with Crippen LogP contribution < -0.4 is 9.64 Å². The highest BCUT2D eigenvalue weighted by molar-refractivity contribution is 6.18. The minimum absolute atomic E-state index is 0.0633. The normalized spacial score (nSPS) is 24.8. The first kappa shape index (κ1) is 12.5. The van der Waals surface area contributed by atoms with Gasteiger partial charge in [0.25, 0.3) is 0 Å². The van der Waals surface area contributed by atoms with Gasteiger partial charge in [-0.1, -0.05) is 6.07 Å². The fourth-order valence-corrected chi connectivity index (χ4v) is 2.18. The zero-order valence-corrected chi connectivity index (χ0v) is 10.9. The van der Waals surface area contributed by atoms with Gasteiger partial charge in [0, 0.05) is 19.2 Å². The summed E-state index contributed by atoms with van der Waals surface area (Å²) >= 11 is 5.86. The van der Waals surface area contributed by atoms with E-state index >= 15 is 0 Å². The van der Waals surface area contributed by atoms with E-state index in [1.54, 1.807) is 7.11 Å². The van der Waals surface area contributed by atoms with Gasteiger partial charge in [-0.05, 0) is 13.0 Å². The molecule has 2 rings (SSSR count). The molecule has 1 aromatic heterocycles. The van der Waals surface area contributed by atoms with Gasteiger partial charge in [0.1, 0.15) is 5.82 Å². The molecule has 0 aromatic carbocycles. The van der Waals surface area contributed by atoms with Crippen LogP contribution in [0.2, 0.25) is 0 Å². The van der Waals surface area contributed by atoms with Gasteiger partial charge in [0.2, 0.25) is 5.88 Å². The Kier molecular flexibility index (Phi) is 4.07. The van der Waals surface area contributed by atoms with Gasteiger partial charge in [0.15, 0.2) is 0 Å². The molecule has 2 atom stereocenters. The van der Waals surface area contributed by atoms with E-state index in [1.165, 1.54) is 0 Å². The quantitative estimate of drug-likeness (QED) is 0.774. The summed E-state index contributed by atoms with van der Waals surface area (Å²) in [6.07, 6.45) is 0.230. The molecule has 2 unspecified atom stereocenters. The Bertz CT molecular complexity index is 375. The van der Waals surface area contributed by atoms with Crippen molar-refractivity contribution in [1.29, 1.82) is 0 Å². The molecule has 0 radical (unpaired) electrons. The molecule has 1 aliphatic heterocycles. The number of aromatic nitrogens is 1. The Labute approximate surface area is 106 Å². The second-order valence-corrected chi connectivity index (χ2v) is 4.47. The van der Waals surface area contributed by atoms with Crippen LogP contribution in [0.4, 0.5) is 5.82 Å². The van der Waals surface area contributed by atoms with Crippen LogP contribution in [0.5, 0.6) is 5.88 Å². The van der Waals surface area contributed by atoms with Gasteiger partial charge >= 0.3 is 0 Å². The summed E-state index contributed by atoms with van der Waals surface area (Å²) in [6.45, 7) is 3.65. The summed E-state index contributed by atoms with van der Waals surface area (Å²) in [7, 11) is 1.62. The monoisotopic (exact) mass is 256 g/mol. The Balaban J connectivity index is 2.14. The molecule has 0 spiro atoms. The van der Waals surface area contributed by atoms with Crippen LogP contribution in [0.1, 0.15) is 6.92 Å². The number of halogens is 1. The standard InChI is InChI=1S/C12H17ClN2O2/c1-9-7-15(8-10(6-13)17-9)11-4-3-5-12(14-11)16-2/h3-5,9-10H,6-8H2,1-2H3. The number of pyridine rings is 1. The van der Waals surface area contributed by atoms with Crippen molar-refractivity contribution in [2.75, 3.05) is 31.0 Å². The fourth-order valence-electron chi connectivity index (χ4n) is 2.01. The second-order valence-electron chi connectivity index (χ2n) is 4.17. The van der Waals surface area contributed by atoms with E-state index in [0.29, 0.717) is 11.8 Å². The molecule has 17 heavy (non-hydrogen) atoms. The summed E-state index contributed by atoms with van der Waals surface area (Å²) in [4.78, 5) is 6.61. The molecule has 1 saturated heterocycles. The predicted molar refractivity (Wildman–Crippen MR) is 68.1 cm³/mol. The molecular formula is C12H17ClN2O2. The average Bonchev–Trinajstić information content (AvgIpc) is 2.38. The second kappa shape index (κ2) is 5.56. The number of hydrogen-bond acceptors (Lipinski definition) is 4. The number of nitrogens with zero attached hydrogens (tertiary/aromatic N) is 2. The molecule has 1 fully saturated rings. The van der Waals surface area contributed by atoms with Crippen LogP contribution in [0.25, 0.3) is 0 Å². The van der Waals surface area contributed by atoms with E-state index < -0.39 is 0 Å². The highest BCUT2D eigenvalue weighted by Gasteiger charge is 2.25. The zero-order chi connectivity index (χ0) is 12.3. The third-order valence-corrected chi connectivity index (χ3v) is 3.08. The van der Waals surface area contributed by atoms with Crippen LogP contribution in [0.3, 0.4) is 0 Å². The van der Waals surface area contributed by atoms with E-state index in [4.69, 9.17) is 21.1 Å². The summed E-state index contributed by atoms with van der Waals surface area (Å²) < 4.78 is 10.8. The lowest BCUT2D eigenvalue weighted by atomic mass is 10.2. The van der Waals surface area contributed by atoms with Gasteiger partial charge in [-0.15, -0.1) is 11.6 Å². The smallest absolute Gasteiger partial charge is 0.214 e. The lowest BCUT2D eigenvalue weighted by molar-refractivity contribution is -0.00359. The Morgan fingerprint density at radius 2 is 2.35 bits per heavy atom. The lowest BCUT2D eigenvalue weighted by Gasteiger charge is -2.36. The van der Waals surface area contributed by atoms with Gasteiger partial charge in [-0.2, -0.15) is 4.98 Å². The topological polar surface area (TPSA) is 34.6 Å². The number of rotatable bonds is 3. The van der Waals surface area contributed by atoms with Gasteiger partial charge in [0.05, 0.1) is 25.2 Å². The molecule has 0 amide bonds. The van der Waals surface area contributed by atoms with Crippen molar-refractivity contribution in [1.82, 2.24) is 4.98 Å². The summed E-state index contributed by atoms with van der Waals surface area (Å²) in [5.41, 5.74) is 0. The molecule has 94 valence electrons. The van der Waals surface area contributed by atoms with E-state index in [1.807, 2.05) is 25.1 Å². The molecule has 4 nitrogen and oxygen atoms in total. The van der Waals surface area contributed by atoms with Crippen LogP contribution in [-0.2, 0) is 4.74 Å². The number of hydrogen-bond donors (Lipinski definition) is 0. The first-order valence-corrected chi connectivity index (χ1v) is 6.23. The maximum absolute atomic E-state index is 5.86. The fraction of sp³-hybridized carbons (Fsp3) is 0.583. The Morgan fingerprint density at radius 1 is 1.53 bits per heavy atom. The highest BCUT2D eigenvalue weighted by atomic mass is 35.5. The summed E-state index contributed by atoms with van der Waals surface area (Å²) in [5, 5.41) is 0. The van der Waals surface area contributed by atoms with Crippen molar-refractivity contribution in [3.63, 3.8) is 0 Å². The van der Waals surface area contributed by atoms with E-state index in [9.17, 15) is 0 Å². The molecule has 1 aliphatic rings. The van der Waals surface area contributed by atoms with Crippen LogP contribution in [0, 0.1) is 0 Å². The van der Waals surface area contributed by atoms with Gasteiger partial charge < -0.3 is 14.4 Å². The molecule has 5 heteroatoms. The lowest BCUT2D eigenvalue weighted by Crippen LogP contribution is -2.47. The summed E-state index contributed by atoms with van der Waals surface area (Å²) in [5.74, 6) is 2.05. The summed E-state index contributed by atoms with van der Waals surface area (Å²) in [6, 6.07) is 5.76. The number of alkyl halides is 1. The van der Waals surface area contributed by atoms with Gasteiger partial charge in [-0.3, -0.25) is 0 Å². The Hall–Kier alpha value is -1.00. The van der Waals surface area contributed by atoms with Crippen molar-refractivity contribution >= 4 is 17.4 Å². The molecule has 0 aliphatic carbocycles. The highest BCUT2D eigenvalue weighted by Crippen LogP contribution is 2.21. The van der Waals surface area contributed by atoms with Crippen LogP contribution in [-0.4, -0.2) is 43.3 Å². The van der Waals surface area contributed by atoms with E-state index in [-0.39, 0.29) is 12.2 Å². The first-order valence-electron chi connectivity index (χ1n) is 5.70. The average molecular weight is 257 g/mol. The van der Waals surface area contributed by atoms with Crippen LogP contribution >= 0.6 is 11.6 Å². The van der Waals surface area contributed by atoms with E-state index in [0.717, 1.165) is 18.9 Å². The predicted octanol–water partition coefficient (Wildman–Crippen LogP) is 1.92. The van der Waals surface area contributed by atoms with Crippen molar-refractivity contribution in [2.45, 2.75) is 19.1 Å². The minimum Gasteiger partial charge on any atom is -0.481 e. The molecule has 0 N–H and O–H groups in total. The molecular weight excluding hydrogens is 240 g/mol. The Morgan fingerprint density at radius 3 is 3.06 bits per heavy atom. The molecule has 2 heterocycles. The molecule has 0 bridgehead atoms. The zero-order valence-electron chi connectivity index (χ0n) is 10.1. The van der Waals surface area contributed by atoms with Crippen molar-refractivity contribution in [3.8, 4) is 5.88 Å². The van der Waals surface area contributed by atoms with Gasteiger partial charge in [-0.25, -0.2) is 0 Å². The maximum atomic E-state index is 5.86. The van der Waals surface area contributed by atoms with Crippen molar-refractivity contribution in [2.24, 2.45) is 0 Å².